The summed E-state index contributed by atoms with van der Waals surface area (Å²) in [5.41, 5.74) is 13.8. The fourth-order valence-corrected chi connectivity index (χ4v) is 2.19. The van der Waals surface area contributed by atoms with Crippen molar-refractivity contribution in [2.75, 3.05) is 40.6 Å². The first-order valence-corrected chi connectivity index (χ1v) is 6.73. The molecule has 2 fully saturated rings. The third-order valence-corrected chi connectivity index (χ3v) is 3.40. The SMILES string of the molecule is CO[C@@H]1CCOC[C@H]1N.CO[C@@H]1CCOC[C@H]1N=[N+]=[N-]. The number of azide groups is 1. The molecule has 0 aromatic heterocycles. The Bertz CT molecular complexity index is 312. The summed E-state index contributed by atoms with van der Waals surface area (Å²) in [5.74, 6) is 0. The molecule has 0 bridgehead atoms. The minimum Gasteiger partial charge on any atom is -0.381 e. The van der Waals surface area contributed by atoms with E-state index >= 15 is 0 Å². The van der Waals surface area contributed by atoms with Gasteiger partial charge in [-0.1, -0.05) is 5.11 Å². The lowest BCUT2D eigenvalue weighted by Crippen LogP contribution is -2.44. The molecule has 0 aromatic carbocycles. The van der Waals surface area contributed by atoms with E-state index in [0.717, 1.165) is 19.4 Å². The Morgan fingerprint density at radius 2 is 1.70 bits per heavy atom. The molecule has 2 saturated heterocycles. The molecule has 2 heterocycles. The van der Waals surface area contributed by atoms with E-state index in [1.165, 1.54) is 0 Å². The van der Waals surface area contributed by atoms with E-state index in [9.17, 15) is 0 Å². The summed E-state index contributed by atoms with van der Waals surface area (Å²) in [4.78, 5) is 2.72. The summed E-state index contributed by atoms with van der Waals surface area (Å²) in [6.07, 6.45) is 1.97. The van der Waals surface area contributed by atoms with Crippen LogP contribution in [0.15, 0.2) is 5.11 Å². The molecule has 4 atom stereocenters. The van der Waals surface area contributed by atoms with Gasteiger partial charge in [-0.05, 0) is 18.4 Å². The number of hydrogen-bond acceptors (Lipinski definition) is 6. The number of ether oxygens (including phenoxy) is 4. The van der Waals surface area contributed by atoms with Crippen LogP contribution in [0.3, 0.4) is 0 Å². The quantitative estimate of drug-likeness (QED) is 0.470. The number of hydrogen-bond donors (Lipinski definition) is 1. The van der Waals surface area contributed by atoms with Gasteiger partial charge in [-0.2, -0.15) is 0 Å². The minimum absolute atomic E-state index is 0.0275. The maximum atomic E-state index is 8.18. The maximum Gasteiger partial charge on any atom is 0.0870 e. The van der Waals surface area contributed by atoms with E-state index in [1.807, 2.05) is 0 Å². The first-order chi connectivity index (χ1) is 9.72. The lowest BCUT2D eigenvalue weighted by Gasteiger charge is -2.26. The van der Waals surface area contributed by atoms with Crippen molar-refractivity contribution < 1.29 is 18.9 Å². The van der Waals surface area contributed by atoms with Crippen molar-refractivity contribution >= 4 is 0 Å². The highest BCUT2D eigenvalue weighted by atomic mass is 16.5. The summed E-state index contributed by atoms with van der Waals surface area (Å²) >= 11 is 0. The van der Waals surface area contributed by atoms with Crippen molar-refractivity contribution in [3.05, 3.63) is 10.4 Å². The van der Waals surface area contributed by atoms with E-state index in [0.29, 0.717) is 19.8 Å². The van der Waals surface area contributed by atoms with E-state index in [2.05, 4.69) is 10.0 Å². The molecule has 20 heavy (non-hydrogen) atoms. The third-order valence-electron chi connectivity index (χ3n) is 3.40. The zero-order chi connectivity index (χ0) is 14.8. The molecular weight excluding hydrogens is 264 g/mol. The average molecular weight is 288 g/mol. The highest BCUT2D eigenvalue weighted by Gasteiger charge is 2.24. The Balaban J connectivity index is 0.000000204. The molecule has 8 heteroatoms. The molecule has 2 N–H and O–H groups in total. The van der Waals surface area contributed by atoms with Crippen molar-refractivity contribution in [2.24, 2.45) is 10.8 Å². The number of nitrogens with two attached hydrogens (primary N) is 1. The minimum atomic E-state index is -0.154. The first-order valence-electron chi connectivity index (χ1n) is 6.73. The fraction of sp³-hybridized carbons (Fsp3) is 1.00. The molecule has 0 radical (unpaired) electrons. The van der Waals surface area contributed by atoms with Gasteiger partial charge < -0.3 is 24.7 Å². The molecule has 2 rings (SSSR count). The molecule has 8 nitrogen and oxygen atoms in total. The van der Waals surface area contributed by atoms with E-state index in [-0.39, 0.29) is 24.3 Å². The van der Waals surface area contributed by atoms with Crippen molar-refractivity contribution in [2.45, 2.75) is 37.1 Å². The molecule has 0 aliphatic carbocycles. The van der Waals surface area contributed by atoms with Crippen molar-refractivity contribution in [3.8, 4) is 0 Å². The predicted molar refractivity (Wildman–Crippen MR) is 73.4 cm³/mol. The topological polar surface area (TPSA) is 112 Å². The van der Waals surface area contributed by atoms with Gasteiger partial charge in [0, 0.05) is 32.3 Å². The summed E-state index contributed by atoms with van der Waals surface area (Å²) in [5, 5.41) is 3.57. The zero-order valence-corrected chi connectivity index (χ0v) is 12.1. The van der Waals surface area contributed by atoms with Gasteiger partial charge in [0.25, 0.3) is 0 Å². The average Bonchev–Trinajstić information content (AvgIpc) is 2.49. The van der Waals surface area contributed by atoms with Crippen LogP contribution in [-0.2, 0) is 18.9 Å². The van der Waals surface area contributed by atoms with Gasteiger partial charge in [0.15, 0.2) is 0 Å². The third kappa shape index (κ3) is 5.62. The van der Waals surface area contributed by atoms with Gasteiger partial charge in [-0.15, -0.1) is 0 Å². The van der Waals surface area contributed by atoms with Crippen molar-refractivity contribution in [1.82, 2.24) is 0 Å². The Morgan fingerprint density at radius 3 is 2.20 bits per heavy atom. The standard InChI is InChI=1S/C6H11N3O2.C6H13NO2/c1-10-6-2-3-11-4-5(6)8-9-7;1-8-6-2-3-9-4-5(6)7/h5-6H,2-4H2,1H3;5-6H,2-4,7H2,1H3/t2*5-,6-/m11/s1. The largest absolute Gasteiger partial charge is 0.381 e. The second-order valence-corrected chi connectivity index (χ2v) is 4.71. The van der Waals surface area contributed by atoms with Crippen LogP contribution < -0.4 is 5.73 Å². The smallest absolute Gasteiger partial charge is 0.0870 e. The van der Waals surface area contributed by atoms with Crippen LogP contribution in [0.5, 0.6) is 0 Å². The molecular formula is C12H24N4O4. The molecule has 2 aliphatic heterocycles. The monoisotopic (exact) mass is 288 g/mol. The van der Waals surface area contributed by atoms with Crippen molar-refractivity contribution in [3.63, 3.8) is 0 Å². The maximum absolute atomic E-state index is 8.18. The molecule has 0 aromatic rings. The van der Waals surface area contributed by atoms with Gasteiger partial charge in [-0.3, -0.25) is 0 Å². The van der Waals surface area contributed by atoms with E-state index < -0.39 is 0 Å². The molecule has 0 saturated carbocycles. The van der Waals surface area contributed by atoms with Crippen LogP contribution in [0.25, 0.3) is 10.4 Å². The second kappa shape index (κ2) is 9.93. The van der Waals surface area contributed by atoms with Gasteiger partial charge >= 0.3 is 0 Å². The van der Waals surface area contributed by atoms with E-state index in [4.69, 9.17) is 30.2 Å². The lowest BCUT2D eigenvalue weighted by atomic mass is 10.1. The van der Waals surface area contributed by atoms with Gasteiger partial charge in [-0.25, -0.2) is 0 Å². The number of nitrogens with zero attached hydrogens (tertiary/aromatic N) is 3. The molecule has 0 spiro atoms. The highest BCUT2D eigenvalue weighted by molar-refractivity contribution is 4.80. The Labute approximate surface area is 119 Å². The Hall–Kier alpha value is -0.890. The second-order valence-electron chi connectivity index (χ2n) is 4.71. The van der Waals surface area contributed by atoms with E-state index in [1.54, 1.807) is 14.2 Å². The van der Waals surface area contributed by atoms with Crippen molar-refractivity contribution in [1.29, 1.82) is 0 Å². The first kappa shape index (κ1) is 17.2. The van der Waals surface area contributed by atoms with Gasteiger partial charge in [0.1, 0.15) is 0 Å². The Morgan fingerprint density at radius 1 is 1.10 bits per heavy atom. The predicted octanol–water partition coefficient (Wildman–Crippen LogP) is 0.850. The van der Waals surface area contributed by atoms with Crippen LogP contribution in [0.1, 0.15) is 12.8 Å². The van der Waals surface area contributed by atoms with Crippen LogP contribution in [0.4, 0.5) is 0 Å². The molecule has 0 amide bonds. The number of rotatable bonds is 3. The summed E-state index contributed by atoms with van der Waals surface area (Å²) in [6.45, 7) is 2.59. The molecule has 2 aliphatic rings. The fourth-order valence-electron chi connectivity index (χ4n) is 2.19. The summed E-state index contributed by atoms with van der Waals surface area (Å²) in [7, 11) is 3.31. The highest BCUT2D eigenvalue weighted by Crippen LogP contribution is 2.13. The lowest BCUT2D eigenvalue weighted by molar-refractivity contribution is -0.0258. The Kier molecular flexibility index (Phi) is 8.52. The van der Waals surface area contributed by atoms with Gasteiger partial charge in [0.2, 0.25) is 0 Å². The summed E-state index contributed by atoms with van der Waals surface area (Å²) in [6, 6.07) is -0.0810. The molecule has 116 valence electrons. The zero-order valence-electron chi connectivity index (χ0n) is 12.1. The number of methoxy groups -OCH3 is 2. The molecule has 0 unspecified atom stereocenters. The van der Waals surface area contributed by atoms with Crippen LogP contribution in [0, 0.1) is 0 Å². The van der Waals surface area contributed by atoms with Crippen LogP contribution >= 0.6 is 0 Å². The van der Waals surface area contributed by atoms with Gasteiger partial charge in [0.05, 0.1) is 37.5 Å². The van der Waals surface area contributed by atoms with Crippen LogP contribution in [0.2, 0.25) is 0 Å². The normalized spacial score (nSPS) is 33.5. The summed E-state index contributed by atoms with van der Waals surface area (Å²) < 4.78 is 20.4. The van der Waals surface area contributed by atoms with Crippen LogP contribution in [-0.4, -0.2) is 64.9 Å².